The molecule has 3 rings (SSSR count). The van der Waals surface area contributed by atoms with Crippen molar-refractivity contribution in [2.45, 2.75) is 13.3 Å². The van der Waals surface area contributed by atoms with Gasteiger partial charge in [0.05, 0.1) is 21.6 Å². The van der Waals surface area contributed by atoms with E-state index >= 15 is 0 Å². The molecule has 0 aliphatic carbocycles. The first-order valence-electron chi connectivity index (χ1n) is 6.62. The Bertz CT molecular complexity index is 860. The van der Waals surface area contributed by atoms with Crippen LogP contribution in [0.2, 0.25) is 10.0 Å². The van der Waals surface area contributed by atoms with Crippen LogP contribution in [0.25, 0.3) is 10.2 Å². The lowest BCUT2D eigenvalue weighted by Crippen LogP contribution is -2.14. The van der Waals surface area contributed by atoms with Gasteiger partial charge in [-0.3, -0.25) is 4.79 Å². The standard InChI is InChI=1S/C16H12Cl2N2OS/c1-9-19-14-5-4-12(8-15(14)22-9)20-16(21)6-10-2-3-11(17)7-13(10)18/h2-5,7-8H,6H2,1H3,(H,20,21). The van der Waals surface area contributed by atoms with Crippen LogP contribution in [0.1, 0.15) is 10.6 Å². The third-order valence-electron chi connectivity index (χ3n) is 3.15. The summed E-state index contributed by atoms with van der Waals surface area (Å²) in [6.07, 6.45) is 0.204. The first kappa shape index (κ1) is 15.3. The summed E-state index contributed by atoms with van der Waals surface area (Å²) in [7, 11) is 0. The summed E-state index contributed by atoms with van der Waals surface area (Å²) >= 11 is 13.5. The van der Waals surface area contributed by atoms with Gasteiger partial charge in [-0.25, -0.2) is 4.98 Å². The zero-order chi connectivity index (χ0) is 15.7. The number of hydrogen-bond acceptors (Lipinski definition) is 3. The lowest BCUT2D eigenvalue weighted by molar-refractivity contribution is -0.115. The first-order valence-corrected chi connectivity index (χ1v) is 8.19. The number of anilines is 1. The summed E-state index contributed by atoms with van der Waals surface area (Å²) in [6.45, 7) is 1.96. The highest BCUT2D eigenvalue weighted by molar-refractivity contribution is 7.18. The molecule has 1 aromatic heterocycles. The predicted octanol–water partition coefficient (Wildman–Crippen LogP) is 5.09. The van der Waals surface area contributed by atoms with Crippen LogP contribution >= 0.6 is 34.5 Å². The van der Waals surface area contributed by atoms with E-state index in [1.54, 1.807) is 29.5 Å². The Labute approximate surface area is 141 Å². The highest BCUT2D eigenvalue weighted by atomic mass is 35.5. The summed E-state index contributed by atoms with van der Waals surface area (Å²) in [4.78, 5) is 16.5. The number of fused-ring (bicyclic) bond motifs is 1. The zero-order valence-electron chi connectivity index (χ0n) is 11.7. The Morgan fingerprint density at radius 2 is 2.05 bits per heavy atom. The average molecular weight is 351 g/mol. The monoisotopic (exact) mass is 350 g/mol. The van der Waals surface area contributed by atoms with Gasteiger partial charge in [-0.2, -0.15) is 0 Å². The number of benzene rings is 2. The molecule has 3 nitrogen and oxygen atoms in total. The molecule has 0 fully saturated rings. The lowest BCUT2D eigenvalue weighted by Gasteiger charge is -2.07. The number of rotatable bonds is 3. The van der Waals surface area contributed by atoms with Gasteiger partial charge in [0, 0.05) is 15.7 Å². The largest absolute Gasteiger partial charge is 0.326 e. The van der Waals surface area contributed by atoms with Gasteiger partial charge in [-0.15, -0.1) is 11.3 Å². The molecule has 0 aliphatic rings. The number of thiazole rings is 1. The zero-order valence-corrected chi connectivity index (χ0v) is 14.0. The van der Waals surface area contributed by atoms with E-state index in [2.05, 4.69) is 10.3 Å². The van der Waals surface area contributed by atoms with E-state index in [-0.39, 0.29) is 12.3 Å². The molecule has 2 aromatic carbocycles. The van der Waals surface area contributed by atoms with Crippen molar-refractivity contribution in [1.29, 1.82) is 0 Å². The molecule has 0 spiro atoms. The summed E-state index contributed by atoms with van der Waals surface area (Å²) in [5, 5.41) is 4.94. The number of carbonyl (C=O) groups is 1. The molecular weight excluding hydrogens is 339 g/mol. The third-order valence-corrected chi connectivity index (χ3v) is 4.67. The fourth-order valence-corrected chi connectivity index (χ4v) is 3.50. The fourth-order valence-electron chi connectivity index (χ4n) is 2.16. The molecule has 22 heavy (non-hydrogen) atoms. The summed E-state index contributed by atoms with van der Waals surface area (Å²) in [6, 6.07) is 10.8. The lowest BCUT2D eigenvalue weighted by atomic mass is 10.1. The highest BCUT2D eigenvalue weighted by Gasteiger charge is 2.09. The smallest absolute Gasteiger partial charge is 0.228 e. The van der Waals surface area contributed by atoms with E-state index in [1.165, 1.54) is 0 Å². The second kappa shape index (κ2) is 6.24. The Balaban J connectivity index is 1.74. The summed E-state index contributed by atoms with van der Waals surface area (Å²) in [5.74, 6) is -0.121. The van der Waals surface area contributed by atoms with Crippen LogP contribution in [-0.2, 0) is 11.2 Å². The minimum Gasteiger partial charge on any atom is -0.326 e. The molecule has 0 saturated heterocycles. The molecule has 1 amide bonds. The molecule has 0 radical (unpaired) electrons. The quantitative estimate of drug-likeness (QED) is 0.714. The molecule has 0 saturated carbocycles. The Morgan fingerprint density at radius 3 is 2.82 bits per heavy atom. The number of nitrogens with zero attached hydrogens (tertiary/aromatic N) is 1. The van der Waals surface area contributed by atoms with Crippen molar-refractivity contribution in [3.63, 3.8) is 0 Å². The van der Waals surface area contributed by atoms with Gasteiger partial charge in [-0.1, -0.05) is 29.3 Å². The average Bonchev–Trinajstić information content (AvgIpc) is 2.81. The molecule has 6 heteroatoms. The van der Waals surface area contributed by atoms with Crippen LogP contribution in [0.3, 0.4) is 0 Å². The molecule has 1 N–H and O–H groups in total. The van der Waals surface area contributed by atoms with E-state index in [1.807, 2.05) is 25.1 Å². The normalized spacial score (nSPS) is 10.9. The maximum Gasteiger partial charge on any atom is 0.228 e. The molecule has 0 aliphatic heterocycles. The molecule has 0 atom stereocenters. The topological polar surface area (TPSA) is 42.0 Å². The van der Waals surface area contributed by atoms with E-state index < -0.39 is 0 Å². The Hall–Kier alpha value is -1.62. The van der Waals surface area contributed by atoms with Gasteiger partial charge >= 0.3 is 0 Å². The van der Waals surface area contributed by atoms with Gasteiger partial charge in [-0.05, 0) is 42.8 Å². The minimum absolute atomic E-state index is 0.121. The Morgan fingerprint density at radius 1 is 1.23 bits per heavy atom. The molecule has 3 aromatic rings. The van der Waals surface area contributed by atoms with E-state index in [4.69, 9.17) is 23.2 Å². The van der Waals surface area contributed by atoms with Crippen molar-refractivity contribution < 1.29 is 4.79 Å². The predicted molar refractivity (Wildman–Crippen MR) is 93.2 cm³/mol. The van der Waals surface area contributed by atoms with Crippen molar-refractivity contribution >= 4 is 56.3 Å². The molecule has 0 bridgehead atoms. The number of carbonyl (C=O) groups excluding carboxylic acids is 1. The number of hydrogen-bond donors (Lipinski definition) is 1. The van der Waals surface area contributed by atoms with Crippen molar-refractivity contribution in [2.24, 2.45) is 0 Å². The van der Waals surface area contributed by atoms with Crippen LogP contribution in [0.15, 0.2) is 36.4 Å². The number of aryl methyl sites for hydroxylation is 1. The third kappa shape index (κ3) is 3.40. The minimum atomic E-state index is -0.121. The van der Waals surface area contributed by atoms with Crippen LogP contribution in [-0.4, -0.2) is 10.9 Å². The molecule has 112 valence electrons. The van der Waals surface area contributed by atoms with Crippen molar-refractivity contribution in [1.82, 2.24) is 4.98 Å². The van der Waals surface area contributed by atoms with Crippen molar-refractivity contribution in [3.8, 4) is 0 Å². The van der Waals surface area contributed by atoms with Crippen LogP contribution < -0.4 is 5.32 Å². The number of halogens is 2. The number of aromatic nitrogens is 1. The van der Waals surface area contributed by atoms with Gasteiger partial charge in [0.1, 0.15) is 0 Å². The Kier molecular flexibility index (Phi) is 4.34. The van der Waals surface area contributed by atoms with E-state index in [0.717, 1.165) is 26.5 Å². The van der Waals surface area contributed by atoms with Crippen LogP contribution in [0, 0.1) is 6.92 Å². The van der Waals surface area contributed by atoms with Crippen LogP contribution in [0.5, 0.6) is 0 Å². The second-order valence-corrected chi connectivity index (χ2v) is 6.95. The second-order valence-electron chi connectivity index (χ2n) is 4.88. The number of amides is 1. The van der Waals surface area contributed by atoms with Gasteiger partial charge < -0.3 is 5.32 Å². The van der Waals surface area contributed by atoms with Crippen molar-refractivity contribution in [3.05, 3.63) is 57.0 Å². The summed E-state index contributed by atoms with van der Waals surface area (Å²) in [5.41, 5.74) is 2.45. The van der Waals surface area contributed by atoms with Gasteiger partial charge in [0.15, 0.2) is 0 Å². The maximum absolute atomic E-state index is 12.1. The number of nitrogens with one attached hydrogen (secondary N) is 1. The molecule has 1 heterocycles. The van der Waals surface area contributed by atoms with Gasteiger partial charge in [0.2, 0.25) is 5.91 Å². The highest BCUT2D eigenvalue weighted by Crippen LogP contribution is 2.25. The molecule has 0 unspecified atom stereocenters. The van der Waals surface area contributed by atoms with E-state index in [9.17, 15) is 4.79 Å². The van der Waals surface area contributed by atoms with Crippen molar-refractivity contribution in [2.75, 3.05) is 5.32 Å². The fraction of sp³-hybridized carbons (Fsp3) is 0.125. The molecular formula is C16H12Cl2N2OS. The maximum atomic E-state index is 12.1. The van der Waals surface area contributed by atoms with Crippen LogP contribution in [0.4, 0.5) is 5.69 Å². The van der Waals surface area contributed by atoms with Gasteiger partial charge in [0.25, 0.3) is 0 Å². The first-order chi connectivity index (χ1) is 10.5. The SMILES string of the molecule is Cc1nc2ccc(NC(=O)Cc3ccc(Cl)cc3Cl)cc2s1. The van der Waals surface area contributed by atoms with E-state index in [0.29, 0.717) is 10.0 Å². The summed E-state index contributed by atoms with van der Waals surface area (Å²) < 4.78 is 1.06.